The summed E-state index contributed by atoms with van der Waals surface area (Å²) in [4.78, 5) is 40.0. The van der Waals surface area contributed by atoms with Crippen molar-refractivity contribution < 1.29 is 27.5 Å². The lowest BCUT2D eigenvalue weighted by Gasteiger charge is -2.30. The van der Waals surface area contributed by atoms with Gasteiger partial charge in [-0.15, -0.1) is 0 Å². The number of nitrogens with zero attached hydrogens (tertiary/aromatic N) is 1. The lowest BCUT2D eigenvalue weighted by Crippen LogP contribution is -2.47. The van der Waals surface area contributed by atoms with Gasteiger partial charge in [-0.05, 0) is 37.8 Å². The van der Waals surface area contributed by atoms with Crippen molar-refractivity contribution in [3.63, 3.8) is 0 Å². The molecule has 0 bridgehead atoms. The predicted octanol–water partition coefficient (Wildman–Crippen LogP) is 2.87. The van der Waals surface area contributed by atoms with Crippen LogP contribution in [0, 0.1) is 5.92 Å². The van der Waals surface area contributed by atoms with Crippen LogP contribution in [0.5, 0.6) is 0 Å². The maximum absolute atomic E-state index is 12.8. The molecule has 0 aliphatic heterocycles. The summed E-state index contributed by atoms with van der Waals surface area (Å²) in [6, 6.07) is 6.97. The van der Waals surface area contributed by atoms with E-state index < -0.39 is 42.7 Å². The number of para-hydroxylation sites is 1. The van der Waals surface area contributed by atoms with E-state index in [0.29, 0.717) is 15.8 Å². The van der Waals surface area contributed by atoms with E-state index in [1.807, 2.05) is 0 Å². The Kier molecular flexibility index (Phi) is 5.44. The zero-order valence-corrected chi connectivity index (χ0v) is 15.1. The highest BCUT2D eigenvalue weighted by molar-refractivity contribution is 5.92. The van der Waals surface area contributed by atoms with Gasteiger partial charge >= 0.3 is 12.1 Å². The van der Waals surface area contributed by atoms with Crippen LogP contribution in [-0.4, -0.2) is 47.1 Å². The third kappa shape index (κ3) is 4.71. The number of H-pyrrole nitrogens is 1. The van der Waals surface area contributed by atoms with Gasteiger partial charge in [0.1, 0.15) is 12.2 Å². The first-order valence-corrected chi connectivity index (χ1v) is 8.81. The van der Waals surface area contributed by atoms with Crippen LogP contribution in [0.15, 0.2) is 35.1 Å². The van der Waals surface area contributed by atoms with Gasteiger partial charge < -0.3 is 14.6 Å². The van der Waals surface area contributed by atoms with E-state index in [4.69, 9.17) is 4.74 Å². The van der Waals surface area contributed by atoms with Crippen molar-refractivity contribution in [3.05, 3.63) is 46.2 Å². The molecule has 1 aromatic carbocycles. The second kappa shape index (κ2) is 7.65. The number of hydrogen-bond acceptors (Lipinski definition) is 4. The van der Waals surface area contributed by atoms with Crippen LogP contribution in [-0.2, 0) is 9.53 Å². The molecule has 2 aromatic rings. The van der Waals surface area contributed by atoms with Crippen molar-refractivity contribution in [2.45, 2.75) is 32.0 Å². The maximum atomic E-state index is 12.8. The highest BCUT2D eigenvalue weighted by Gasteiger charge is 2.40. The molecule has 28 heavy (non-hydrogen) atoms. The van der Waals surface area contributed by atoms with E-state index in [1.165, 1.54) is 0 Å². The van der Waals surface area contributed by atoms with Crippen molar-refractivity contribution in [1.82, 2.24) is 9.88 Å². The minimum atomic E-state index is -4.55. The van der Waals surface area contributed by atoms with Crippen molar-refractivity contribution in [2.75, 3.05) is 13.2 Å². The number of carbonyl (C=O) groups excluding carboxylic acids is 2. The fourth-order valence-electron chi connectivity index (χ4n) is 3.08. The Morgan fingerprint density at radius 3 is 2.61 bits per heavy atom. The normalized spacial score (nSPS) is 15.3. The summed E-state index contributed by atoms with van der Waals surface area (Å²) in [6.07, 6.45) is -3.02. The van der Waals surface area contributed by atoms with E-state index in [9.17, 15) is 27.6 Å². The fraction of sp³-hybridized carbons (Fsp3) is 0.421. The van der Waals surface area contributed by atoms with Crippen LogP contribution in [0.25, 0.3) is 10.9 Å². The summed E-state index contributed by atoms with van der Waals surface area (Å²) in [5.74, 6) is -1.88. The topological polar surface area (TPSA) is 79.5 Å². The Labute approximate surface area is 158 Å². The van der Waals surface area contributed by atoms with Gasteiger partial charge in [0.2, 0.25) is 0 Å². The monoisotopic (exact) mass is 396 g/mol. The average molecular weight is 396 g/mol. The lowest BCUT2D eigenvalue weighted by atomic mass is 10.2. The van der Waals surface area contributed by atoms with Gasteiger partial charge in [-0.1, -0.05) is 12.1 Å². The van der Waals surface area contributed by atoms with Gasteiger partial charge in [0.15, 0.2) is 12.0 Å². The van der Waals surface area contributed by atoms with E-state index >= 15 is 0 Å². The lowest BCUT2D eigenvalue weighted by molar-refractivity contribution is -0.167. The standard InChI is InChI=1S/C19H19F3N2O4/c1-11(12-6-7-12)24(10-19(20,21)22)17(26)9-28-18(27)15-8-16(25)13-4-2-3-5-14(13)23-15/h2-5,8,11-12H,6-7,9-10H2,1H3,(H,23,25)/t11-/m0/s1. The fourth-order valence-corrected chi connectivity index (χ4v) is 3.08. The summed E-state index contributed by atoms with van der Waals surface area (Å²) in [6.45, 7) is -0.668. The largest absolute Gasteiger partial charge is 0.451 e. The summed E-state index contributed by atoms with van der Waals surface area (Å²) >= 11 is 0. The number of benzene rings is 1. The van der Waals surface area contributed by atoms with Crippen LogP contribution in [0.4, 0.5) is 13.2 Å². The molecule has 1 aliphatic rings. The van der Waals surface area contributed by atoms with Gasteiger partial charge in [0.05, 0.1) is 0 Å². The minimum Gasteiger partial charge on any atom is -0.451 e. The smallest absolute Gasteiger partial charge is 0.406 e. The Bertz CT molecular complexity index is 950. The van der Waals surface area contributed by atoms with Crippen molar-refractivity contribution in [3.8, 4) is 0 Å². The minimum absolute atomic E-state index is 0.0267. The van der Waals surface area contributed by atoms with Crippen LogP contribution in [0.1, 0.15) is 30.3 Å². The third-order valence-electron chi connectivity index (χ3n) is 4.75. The number of hydrogen-bond donors (Lipinski definition) is 1. The van der Waals surface area contributed by atoms with E-state index in [0.717, 1.165) is 18.9 Å². The number of amides is 1. The number of rotatable bonds is 6. The highest BCUT2D eigenvalue weighted by atomic mass is 19.4. The number of aromatic nitrogens is 1. The molecule has 1 amide bonds. The molecule has 1 aliphatic carbocycles. The van der Waals surface area contributed by atoms with Gasteiger partial charge in [0, 0.05) is 23.0 Å². The SMILES string of the molecule is C[C@@H](C1CC1)N(CC(F)(F)F)C(=O)COC(=O)c1cc(=O)c2ccccc2[nH]1. The second-order valence-electron chi connectivity index (χ2n) is 6.88. The molecule has 0 spiro atoms. The van der Waals surface area contributed by atoms with Gasteiger partial charge in [-0.25, -0.2) is 4.79 Å². The second-order valence-corrected chi connectivity index (χ2v) is 6.88. The number of pyridine rings is 1. The van der Waals surface area contributed by atoms with Crippen LogP contribution < -0.4 is 5.43 Å². The third-order valence-corrected chi connectivity index (χ3v) is 4.75. The number of fused-ring (bicyclic) bond motifs is 1. The first-order valence-electron chi connectivity index (χ1n) is 8.81. The van der Waals surface area contributed by atoms with Gasteiger partial charge in [-0.2, -0.15) is 13.2 Å². The quantitative estimate of drug-likeness (QED) is 0.762. The molecule has 1 N–H and O–H groups in total. The number of alkyl halides is 3. The summed E-state index contributed by atoms with van der Waals surface area (Å²) in [5.41, 5.74) is -0.169. The first-order chi connectivity index (χ1) is 13.2. The average Bonchev–Trinajstić information content (AvgIpc) is 3.47. The maximum Gasteiger partial charge on any atom is 0.406 e. The van der Waals surface area contributed by atoms with Crippen molar-refractivity contribution in [1.29, 1.82) is 0 Å². The van der Waals surface area contributed by atoms with Crippen molar-refractivity contribution >= 4 is 22.8 Å². The van der Waals surface area contributed by atoms with Crippen LogP contribution in [0.2, 0.25) is 0 Å². The molecule has 0 unspecified atom stereocenters. The van der Waals surface area contributed by atoms with E-state index in [1.54, 1.807) is 31.2 Å². The van der Waals surface area contributed by atoms with Crippen LogP contribution in [0.3, 0.4) is 0 Å². The van der Waals surface area contributed by atoms with E-state index in [2.05, 4.69) is 4.98 Å². The summed E-state index contributed by atoms with van der Waals surface area (Å²) < 4.78 is 43.3. The molecule has 9 heteroatoms. The molecule has 1 heterocycles. The molecule has 1 aromatic heterocycles. The Morgan fingerprint density at radius 1 is 1.29 bits per heavy atom. The Morgan fingerprint density at radius 2 is 1.96 bits per heavy atom. The molecular formula is C19H19F3N2O4. The number of halogens is 3. The summed E-state index contributed by atoms with van der Waals surface area (Å²) in [7, 11) is 0. The van der Waals surface area contributed by atoms with Gasteiger partial charge in [-0.3, -0.25) is 9.59 Å². The number of esters is 1. The number of nitrogens with one attached hydrogen (secondary N) is 1. The molecule has 6 nitrogen and oxygen atoms in total. The van der Waals surface area contributed by atoms with E-state index in [-0.39, 0.29) is 11.6 Å². The Hall–Kier alpha value is -2.84. The zero-order chi connectivity index (χ0) is 20.5. The van der Waals surface area contributed by atoms with Crippen molar-refractivity contribution in [2.24, 2.45) is 5.92 Å². The summed E-state index contributed by atoms with van der Waals surface area (Å²) in [5, 5.41) is 0.379. The molecule has 150 valence electrons. The molecular weight excluding hydrogens is 377 g/mol. The molecule has 0 radical (unpaired) electrons. The predicted molar refractivity (Wildman–Crippen MR) is 94.8 cm³/mol. The molecule has 1 saturated carbocycles. The molecule has 0 saturated heterocycles. The molecule has 3 rings (SSSR count). The van der Waals surface area contributed by atoms with Gasteiger partial charge in [0.25, 0.3) is 5.91 Å². The molecule has 1 atom stereocenters. The molecule has 1 fully saturated rings. The number of carbonyl (C=O) groups is 2. The number of aromatic amines is 1. The number of ether oxygens (including phenoxy) is 1. The highest BCUT2D eigenvalue weighted by Crippen LogP contribution is 2.36. The Balaban J connectivity index is 1.70. The zero-order valence-electron chi connectivity index (χ0n) is 15.1. The van der Waals surface area contributed by atoms with Crippen LogP contribution >= 0.6 is 0 Å². The first kappa shape index (κ1) is 19.9.